The van der Waals surface area contributed by atoms with Crippen molar-refractivity contribution < 1.29 is 20.0 Å². The molecule has 0 aliphatic carbocycles. The fourth-order valence-corrected chi connectivity index (χ4v) is 5.28. The molecule has 2 aromatic rings. The van der Waals surface area contributed by atoms with Crippen LogP contribution in [0.2, 0.25) is 0 Å². The molecule has 9 heteroatoms. The minimum Gasteiger partial charge on any atom is -0.595 e. The summed E-state index contributed by atoms with van der Waals surface area (Å²) in [7, 11) is 0. The first-order chi connectivity index (χ1) is 14.9. The Morgan fingerprint density at radius 2 is 1.81 bits per heavy atom. The number of rotatable bonds is 3. The molecule has 5 rings (SSSR count). The molecule has 9 nitrogen and oxygen atoms in total. The normalized spacial score (nSPS) is 26.0. The second kappa shape index (κ2) is 7.60. The van der Waals surface area contributed by atoms with Crippen LogP contribution in [0, 0.1) is 17.0 Å². The van der Waals surface area contributed by atoms with Gasteiger partial charge in [-0.2, -0.15) is 5.23 Å². The van der Waals surface area contributed by atoms with E-state index in [1.165, 1.54) is 6.07 Å². The Kier molecular flexibility index (Phi) is 4.88. The van der Waals surface area contributed by atoms with Gasteiger partial charge in [-0.25, -0.2) is 5.21 Å². The number of carbonyl (C=O) groups excluding carboxylic acids is 2. The third-order valence-corrected chi connectivity index (χ3v) is 6.69. The number of nitrogens with one attached hydrogen (secondary N) is 1. The van der Waals surface area contributed by atoms with Gasteiger partial charge < -0.3 is 19.6 Å². The Labute approximate surface area is 178 Å². The van der Waals surface area contributed by atoms with Crippen LogP contribution in [0.1, 0.15) is 24.5 Å². The summed E-state index contributed by atoms with van der Waals surface area (Å²) >= 11 is 0. The average molecular weight is 424 g/mol. The van der Waals surface area contributed by atoms with Crippen LogP contribution in [0.5, 0.6) is 0 Å². The molecule has 2 amide bonds. The molecule has 3 aliphatic rings. The van der Waals surface area contributed by atoms with E-state index in [9.17, 15) is 24.8 Å². The van der Waals surface area contributed by atoms with Gasteiger partial charge in [-0.05, 0) is 30.5 Å². The maximum atomic E-state index is 13.3. The summed E-state index contributed by atoms with van der Waals surface area (Å²) in [5.41, 5.74) is 0.902. The van der Waals surface area contributed by atoms with E-state index in [0.717, 1.165) is 17.8 Å². The molecular formula is C22H24N4O5. The lowest BCUT2D eigenvalue weighted by Gasteiger charge is -2.43. The third-order valence-electron chi connectivity index (χ3n) is 6.69. The van der Waals surface area contributed by atoms with Crippen molar-refractivity contribution in [1.29, 1.82) is 0 Å². The van der Waals surface area contributed by atoms with Crippen LogP contribution < -0.4 is 15.7 Å². The Hall–Kier alpha value is -3.01. The molecule has 0 saturated carbocycles. The van der Waals surface area contributed by atoms with Gasteiger partial charge in [0.05, 0.1) is 5.92 Å². The smallest absolute Gasteiger partial charge is 0.315 e. The van der Waals surface area contributed by atoms with Crippen molar-refractivity contribution in [1.82, 2.24) is 9.47 Å². The van der Waals surface area contributed by atoms with Crippen molar-refractivity contribution in [3.63, 3.8) is 0 Å². The molecule has 4 heterocycles. The fourth-order valence-electron chi connectivity index (χ4n) is 5.28. The Morgan fingerprint density at radius 3 is 2.55 bits per heavy atom. The summed E-state index contributed by atoms with van der Waals surface area (Å²) in [5, 5.41) is 19.3. The van der Waals surface area contributed by atoms with Crippen LogP contribution in [-0.2, 0) is 16.1 Å². The summed E-state index contributed by atoms with van der Waals surface area (Å²) in [4.78, 5) is 41.9. The molecule has 2 bridgehead atoms. The van der Waals surface area contributed by atoms with Crippen molar-refractivity contribution in [3.05, 3.63) is 63.7 Å². The van der Waals surface area contributed by atoms with Gasteiger partial charge in [0.25, 0.3) is 0 Å². The molecule has 1 aromatic heterocycles. The van der Waals surface area contributed by atoms with Gasteiger partial charge in [-0.1, -0.05) is 18.2 Å². The van der Waals surface area contributed by atoms with Gasteiger partial charge in [-0.3, -0.25) is 14.4 Å². The second-order valence-electron chi connectivity index (χ2n) is 8.68. The van der Waals surface area contributed by atoms with E-state index in [2.05, 4.69) is 0 Å². The molecule has 1 aromatic carbocycles. The maximum Gasteiger partial charge on any atom is 0.315 e. The Morgan fingerprint density at radius 1 is 1.03 bits per heavy atom. The fraction of sp³-hybridized carbons (Fsp3) is 0.409. The molecule has 3 aliphatic heterocycles. The van der Waals surface area contributed by atoms with Gasteiger partial charge in [0.1, 0.15) is 0 Å². The van der Waals surface area contributed by atoms with E-state index in [4.69, 9.17) is 0 Å². The molecule has 2 fully saturated rings. The lowest BCUT2D eigenvalue weighted by molar-refractivity contribution is -0.992. The summed E-state index contributed by atoms with van der Waals surface area (Å²) in [6.07, 6.45) is 1.08. The first-order valence-electron chi connectivity index (χ1n) is 10.5. The molecule has 0 radical (unpaired) electrons. The quantitative estimate of drug-likeness (QED) is 0.687. The number of likely N-dealkylation sites (tertiary alicyclic amines) is 1. The Balaban J connectivity index is 1.34. The molecule has 162 valence electrons. The number of hydrogen-bond acceptors (Lipinski definition) is 5. The highest BCUT2D eigenvalue weighted by Crippen LogP contribution is 2.36. The number of carbonyl (C=O) groups is 2. The van der Waals surface area contributed by atoms with Crippen LogP contribution in [0.3, 0.4) is 0 Å². The zero-order valence-electron chi connectivity index (χ0n) is 16.9. The largest absolute Gasteiger partial charge is 0.595 e. The predicted molar refractivity (Wildman–Crippen MR) is 111 cm³/mol. The van der Waals surface area contributed by atoms with Crippen LogP contribution in [0.25, 0.3) is 0 Å². The number of benzene rings is 1. The van der Waals surface area contributed by atoms with E-state index in [1.807, 2.05) is 35.2 Å². The van der Waals surface area contributed by atoms with E-state index >= 15 is 0 Å². The van der Waals surface area contributed by atoms with Gasteiger partial charge in [0.2, 0.25) is 17.5 Å². The van der Waals surface area contributed by atoms with Gasteiger partial charge in [-0.15, -0.1) is 0 Å². The average Bonchev–Trinajstić information content (AvgIpc) is 3.16. The second-order valence-corrected chi connectivity index (χ2v) is 8.68. The number of nitrogens with zero attached hydrogens (tertiary/aromatic N) is 3. The van der Waals surface area contributed by atoms with Crippen LogP contribution in [0.4, 0.5) is 11.4 Å². The van der Waals surface area contributed by atoms with Crippen LogP contribution in [0.15, 0.2) is 47.3 Å². The van der Waals surface area contributed by atoms with Gasteiger partial charge >= 0.3 is 5.56 Å². The summed E-state index contributed by atoms with van der Waals surface area (Å²) in [6.45, 7) is 1.80. The van der Waals surface area contributed by atoms with Crippen LogP contribution in [-0.4, -0.2) is 46.1 Å². The number of pyridine rings is 1. The lowest BCUT2D eigenvalue weighted by Crippen LogP contribution is -3.00. The number of para-hydroxylation sites is 1. The zero-order valence-corrected chi connectivity index (χ0v) is 16.9. The molecule has 4 unspecified atom stereocenters. The third kappa shape index (κ3) is 3.44. The van der Waals surface area contributed by atoms with Crippen molar-refractivity contribution >= 4 is 23.2 Å². The standard InChI is InChI=1S/C22H24N4O5/c27-20-9-16(13-24(20)17-4-2-1-3-5-17)21(28)23-10-14-8-15(12-23)18-6-7-19(26(30)31)22(29)25(18)11-14/h1-7,14-16,26,30H,8-13H2. The number of quaternary nitrogens is 1. The van der Waals surface area contributed by atoms with E-state index in [1.54, 1.807) is 15.5 Å². The minimum atomic E-state index is -1.22. The lowest BCUT2D eigenvalue weighted by atomic mass is 9.82. The molecule has 2 N–H and O–H groups in total. The molecule has 4 atom stereocenters. The number of fused-ring (bicyclic) bond motifs is 4. The maximum absolute atomic E-state index is 13.3. The number of piperidine rings is 1. The number of amides is 2. The first kappa shape index (κ1) is 19.9. The number of hydrogen-bond donors (Lipinski definition) is 2. The number of aromatic nitrogens is 1. The minimum absolute atomic E-state index is 0.00525. The summed E-state index contributed by atoms with van der Waals surface area (Å²) in [6, 6.07) is 12.5. The van der Waals surface area contributed by atoms with Crippen molar-refractivity contribution in [2.45, 2.75) is 25.3 Å². The molecule has 31 heavy (non-hydrogen) atoms. The topological polar surface area (TPSA) is 110 Å². The zero-order chi connectivity index (χ0) is 21.7. The highest BCUT2D eigenvalue weighted by Gasteiger charge is 2.42. The predicted octanol–water partition coefficient (Wildman–Crippen LogP) is 0.251. The van der Waals surface area contributed by atoms with E-state index in [-0.39, 0.29) is 41.7 Å². The SMILES string of the molecule is O=C(C1CC(=O)N(c2ccccc2)C1)N1CC2CC(C1)c1ccc([NH+]([O-])O)c(=O)n1C2. The number of anilines is 1. The summed E-state index contributed by atoms with van der Waals surface area (Å²) < 4.78 is 1.57. The monoisotopic (exact) mass is 424 g/mol. The van der Waals surface area contributed by atoms with Gasteiger partial charge in [0.15, 0.2) is 0 Å². The summed E-state index contributed by atoms with van der Waals surface area (Å²) in [5.74, 6) is -0.337. The van der Waals surface area contributed by atoms with Crippen molar-refractivity contribution in [2.75, 3.05) is 24.5 Å². The van der Waals surface area contributed by atoms with E-state index in [0.29, 0.717) is 26.2 Å². The first-order valence-corrected chi connectivity index (χ1v) is 10.5. The van der Waals surface area contributed by atoms with Crippen molar-refractivity contribution in [2.24, 2.45) is 11.8 Å². The molecule has 0 spiro atoms. The van der Waals surface area contributed by atoms with E-state index < -0.39 is 10.8 Å². The van der Waals surface area contributed by atoms with Crippen molar-refractivity contribution in [3.8, 4) is 0 Å². The highest BCUT2D eigenvalue weighted by atomic mass is 16.8. The Bertz CT molecular complexity index is 1080. The highest BCUT2D eigenvalue weighted by molar-refractivity contribution is 6.00. The molecular weight excluding hydrogens is 400 g/mol. The molecule has 2 saturated heterocycles. The van der Waals surface area contributed by atoms with Gasteiger partial charge in [0, 0.05) is 56.0 Å². The van der Waals surface area contributed by atoms with Crippen LogP contribution >= 0.6 is 0 Å².